The molecule has 3 aromatic carbocycles. The molecule has 3 aromatic rings. The monoisotopic (exact) mass is 498 g/mol. The Bertz CT molecular complexity index is 1190. The fourth-order valence-corrected chi connectivity index (χ4v) is 3.12. The van der Waals surface area contributed by atoms with Crippen molar-refractivity contribution in [1.82, 2.24) is 0 Å². The first-order chi connectivity index (χ1) is 14.6. The summed E-state index contributed by atoms with van der Waals surface area (Å²) in [6.45, 7) is 1.51. The molecule has 160 valence electrons. The molecular weight excluding hydrogens is 487 g/mol. The third kappa shape index (κ3) is 4.91. The maximum atomic E-state index is 14.3. The summed E-state index contributed by atoms with van der Waals surface area (Å²) in [5.74, 6) is -8.16. The molecule has 0 atom stereocenters. The molecule has 0 fully saturated rings. The van der Waals surface area contributed by atoms with Gasteiger partial charge in [-0.1, -0.05) is 0 Å². The fraction of sp³-hybridized carbons (Fsp3) is 0.0476. The lowest BCUT2D eigenvalue weighted by Gasteiger charge is -2.12. The molecule has 0 radical (unpaired) electrons. The van der Waals surface area contributed by atoms with Gasteiger partial charge in [-0.3, -0.25) is 9.59 Å². The Labute approximate surface area is 181 Å². The highest BCUT2D eigenvalue weighted by Gasteiger charge is 2.19. The van der Waals surface area contributed by atoms with Crippen molar-refractivity contribution in [3.05, 3.63) is 92.7 Å². The summed E-state index contributed by atoms with van der Waals surface area (Å²) in [7, 11) is 0. The van der Waals surface area contributed by atoms with Gasteiger partial charge >= 0.3 is 0 Å². The quantitative estimate of drug-likeness (QED) is 0.344. The third-order valence-electron chi connectivity index (χ3n) is 4.21. The summed E-state index contributed by atoms with van der Waals surface area (Å²) in [5, 5.41) is 4.59. The topological polar surface area (TPSA) is 58.2 Å². The summed E-state index contributed by atoms with van der Waals surface area (Å²) in [6.07, 6.45) is 0. The van der Waals surface area contributed by atoms with Crippen molar-refractivity contribution in [3.8, 4) is 0 Å². The lowest BCUT2D eigenvalue weighted by molar-refractivity contribution is 0.101. The molecule has 0 saturated heterocycles. The van der Waals surface area contributed by atoms with Gasteiger partial charge in [0, 0.05) is 15.7 Å². The van der Waals surface area contributed by atoms with E-state index in [9.17, 15) is 31.5 Å². The van der Waals surface area contributed by atoms with E-state index in [1.54, 1.807) is 0 Å². The van der Waals surface area contributed by atoms with Crippen LogP contribution in [0.1, 0.15) is 26.3 Å². The van der Waals surface area contributed by atoms with Crippen molar-refractivity contribution >= 4 is 39.1 Å². The van der Waals surface area contributed by atoms with E-state index in [-0.39, 0.29) is 15.7 Å². The van der Waals surface area contributed by atoms with E-state index in [0.29, 0.717) is 17.7 Å². The molecule has 2 N–H and O–H groups in total. The zero-order valence-corrected chi connectivity index (χ0v) is 17.2. The van der Waals surface area contributed by atoms with Crippen LogP contribution in [-0.4, -0.2) is 11.8 Å². The lowest BCUT2D eigenvalue weighted by atomic mass is 10.1. The molecule has 0 heterocycles. The van der Waals surface area contributed by atoms with Gasteiger partial charge in [-0.05, 0) is 70.9 Å². The Kier molecular flexibility index (Phi) is 6.40. The minimum absolute atomic E-state index is 0.0539. The van der Waals surface area contributed by atoms with Crippen LogP contribution in [-0.2, 0) is 0 Å². The van der Waals surface area contributed by atoms with Gasteiger partial charge in [-0.15, -0.1) is 0 Å². The molecule has 0 bridgehead atoms. The number of hydrogen-bond donors (Lipinski definition) is 2. The summed E-state index contributed by atoms with van der Waals surface area (Å²) < 4.78 is 67.5. The van der Waals surface area contributed by atoms with Crippen LogP contribution in [0.15, 0.2) is 46.9 Å². The second kappa shape index (κ2) is 8.84. The summed E-state index contributed by atoms with van der Waals surface area (Å²) in [5.41, 5.74) is -0.564. The van der Waals surface area contributed by atoms with E-state index in [2.05, 4.69) is 26.6 Å². The highest BCUT2D eigenvalue weighted by molar-refractivity contribution is 9.10. The molecule has 31 heavy (non-hydrogen) atoms. The molecule has 0 saturated carbocycles. The second-order valence-corrected chi connectivity index (χ2v) is 7.29. The lowest BCUT2D eigenvalue weighted by Crippen LogP contribution is -2.17. The van der Waals surface area contributed by atoms with Crippen LogP contribution in [0.25, 0.3) is 0 Å². The van der Waals surface area contributed by atoms with Crippen molar-refractivity contribution in [2.75, 3.05) is 10.6 Å². The average Bonchev–Trinajstić information content (AvgIpc) is 2.70. The Morgan fingerprint density at radius 3 is 2.03 bits per heavy atom. The van der Waals surface area contributed by atoms with Crippen LogP contribution >= 0.6 is 15.9 Å². The van der Waals surface area contributed by atoms with Crippen LogP contribution in [0.4, 0.5) is 33.3 Å². The Balaban J connectivity index is 1.87. The number of carbonyl (C=O) groups excluding carboxylic acids is 2. The number of benzene rings is 3. The van der Waals surface area contributed by atoms with Crippen LogP contribution in [0.5, 0.6) is 0 Å². The standard InChI is InChI=1S/C21H12BrF5N2O2/c1-9-4-11(2-3-14(9)23)28-21(31)12-7-18(15(24)8-13(12)22)29-20(30)10-5-16(25)19(27)17(26)6-10/h2-8H,1H3,(H,28,31)(H,29,30). The minimum atomic E-state index is -1.75. The van der Waals surface area contributed by atoms with Crippen LogP contribution < -0.4 is 10.6 Å². The number of amides is 2. The van der Waals surface area contributed by atoms with Gasteiger partial charge in [0.25, 0.3) is 11.8 Å². The zero-order chi connectivity index (χ0) is 22.9. The van der Waals surface area contributed by atoms with E-state index >= 15 is 0 Å². The van der Waals surface area contributed by atoms with Gasteiger partial charge < -0.3 is 10.6 Å². The first-order valence-electron chi connectivity index (χ1n) is 8.59. The number of nitrogens with one attached hydrogen (secondary N) is 2. The van der Waals surface area contributed by atoms with Crippen LogP contribution in [0.3, 0.4) is 0 Å². The first-order valence-corrected chi connectivity index (χ1v) is 9.38. The maximum Gasteiger partial charge on any atom is 0.256 e. The highest BCUT2D eigenvalue weighted by Crippen LogP contribution is 2.27. The van der Waals surface area contributed by atoms with E-state index in [0.717, 1.165) is 18.2 Å². The molecule has 0 aliphatic carbocycles. The van der Waals surface area contributed by atoms with Crippen molar-refractivity contribution in [3.63, 3.8) is 0 Å². The Morgan fingerprint density at radius 2 is 1.42 bits per heavy atom. The second-order valence-electron chi connectivity index (χ2n) is 6.44. The van der Waals surface area contributed by atoms with Gasteiger partial charge in [0.2, 0.25) is 0 Å². The summed E-state index contributed by atoms with van der Waals surface area (Å²) in [4.78, 5) is 24.8. The average molecular weight is 499 g/mol. The fourth-order valence-electron chi connectivity index (χ4n) is 2.62. The molecule has 10 heteroatoms. The van der Waals surface area contributed by atoms with E-state index < -0.39 is 52.2 Å². The number of halogens is 6. The van der Waals surface area contributed by atoms with Gasteiger partial charge in [-0.25, -0.2) is 22.0 Å². The van der Waals surface area contributed by atoms with Crippen LogP contribution in [0, 0.1) is 36.0 Å². The van der Waals surface area contributed by atoms with Crippen molar-refractivity contribution in [2.45, 2.75) is 6.92 Å². The number of hydrogen-bond acceptors (Lipinski definition) is 2. The summed E-state index contributed by atoms with van der Waals surface area (Å²) in [6, 6.07) is 6.70. The van der Waals surface area contributed by atoms with E-state index in [1.807, 2.05) is 0 Å². The predicted octanol–water partition coefficient (Wildman–Crippen LogP) is 5.96. The SMILES string of the molecule is Cc1cc(NC(=O)c2cc(NC(=O)c3cc(F)c(F)c(F)c3)c(F)cc2Br)ccc1F. The predicted molar refractivity (Wildman–Crippen MR) is 107 cm³/mol. The molecule has 0 unspecified atom stereocenters. The van der Waals surface area contributed by atoms with E-state index in [4.69, 9.17) is 0 Å². The minimum Gasteiger partial charge on any atom is -0.322 e. The molecule has 4 nitrogen and oxygen atoms in total. The number of aryl methyl sites for hydroxylation is 1. The molecule has 2 amide bonds. The third-order valence-corrected chi connectivity index (χ3v) is 4.87. The zero-order valence-electron chi connectivity index (χ0n) is 15.6. The van der Waals surface area contributed by atoms with Gasteiger partial charge in [0.1, 0.15) is 11.6 Å². The molecule has 0 spiro atoms. The van der Waals surface area contributed by atoms with Crippen molar-refractivity contribution in [1.29, 1.82) is 0 Å². The van der Waals surface area contributed by atoms with Gasteiger partial charge in [0.15, 0.2) is 17.5 Å². The number of carbonyl (C=O) groups is 2. The number of rotatable bonds is 4. The Hall–Kier alpha value is -3.27. The van der Waals surface area contributed by atoms with E-state index in [1.165, 1.54) is 19.1 Å². The maximum absolute atomic E-state index is 14.3. The van der Waals surface area contributed by atoms with Gasteiger partial charge in [0.05, 0.1) is 11.3 Å². The van der Waals surface area contributed by atoms with Crippen LogP contribution in [0.2, 0.25) is 0 Å². The number of anilines is 2. The molecule has 0 aliphatic rings. The molecule has 0 aliphatic heterocycles. The highest BCUT2D eigenvalue weighted by atomic mass is 79.9. The first kappa shape index (κ1) is 22.4. The smallest absolute Gasteiger partial charge is 0.256 e. The Morgan fingerprint density at radius 1 is 0.774 bits per heavy atom. The molecule has 3 rings (SSSR count). The molecular formula is C21H12BrF5N2O2. The normalized spacial score (nSPS) is 10.7. The van der Waals surface area contributed by atoms with Crippen molar-refractivity contribution < 1.29 is 31.5 Å². The van der Waals surface area contributed by atoms with Gasteiger partial charge in [-0.2, -0.15) is 0 Å². The molecule has 0 aromatic heterocycles. The summed E-state index contributed by atoms with van der Waals surface area (Å²) >= 11 is 3.05. The van der Waals surface area contributed by atoms with Crippen molar-refractivity contribution in [2.24, 2.45) is 0 Å². The largest absolute Gasteiger partial charge is 0.322 e.